The topological polar surface area (TPSA) is 88.8 Å². The van der Waals surface area contributed by atoms with Gasteiger partial charge in [-0.3, -0.25) is 4.79 Å². The lowest BCUT2D eigenvalue weighted by molar-refractivity contribution is 0.0924. The number of fused-ring (bicyclic) bond motifs is 1. The maximum atomic E-state index is 13.2. The molecule has 3 aromatic rings. The molecule has 1 aliphatic heterocycles. The van der Waals surface area contributed by atoms with Gasteiger partial charge in [0.15, 0.2) is 5.76 Å². The van der Waals surface area contributed by atoms with E-state index in [1.54, 1.807) is 36.5 Å². The summed E-state index contributed by atoms with van der Waals surface area (Å²) >= 11 is 0. The Morgan fingerprint density at radius 2 is 1.81 bits per heavy atom. The summed E-state index contributed by atoms with van der Waals surface area (Å²) < 4.78 is 39.0. The van der Waals surface area contributed by atoms with Gasteiger partial charge >= 0.3 is 0 Å². The maximum absolute atomic E-state index is 13.2. The molecule has 32 heavy (non-hydrogen) atoms. The first-order chi connectivity index (χ1) is 15.4. The monoisotopic (exact) mass is 456 g/mol. The number of rotatable bonds is 6. The third-order valence-corrected chi connectivity index (χ3v) is 7.84. The summed E-state index contributed by atoms with van der Waals surface area (Å²) in [5.74, 6) is 0.512. The molecule has 1 amide bonds. The predicted molar refractivity (Wildman–Crippen MR) is 122 cm³/mol. The second-order valence-corrected chi connectivity index (χ2v) is 9.96. The summed E-state index contributed by atoms with van der Waals surface area (Å²) in [4.78, 5) is 13.0. The highest BCUT2D eigenvalue weighted by Crippen LogP contribution is 2.30. The van der Waals surface area contributed by atoms with Crippen molar-refractivity contribution in [1.82, 2.24) is 9.62 Å². The summed E-state index contributed by atoms with van der Waals surface area (Å²) in [7, 11) is -2.00. The van der Waals surface area contributed by atoms with Crippen LogP contribution in [0.3, 0.4) is 0 Å². The van der Waals surface area contributed by atoms with Gasteiger partial charge in [0.2, 0.25) is 10.0 Å². The van der Waals surface area contributed by atoms with Crippen molar-refractivity contribution in [1.29, 1.82) is 0 Å². The van der Waals surface area contributed by atoms with Gasteiger partial charge in [0, 0.05) is 36.1 Å². The van der Waals surface area contributed by atoms with Crippen LogP contribution in [0.25, 0.3) is 11.0 Å². The fourth-order valence-electron chi connectivity index (χ4n) is 4.11. The Morgan fingerprint density at radius 1 is 1.09 bits per heavy atom. The van der Waals surface area contributed by atoms with Gasteiger partial charge in [-0.2, -0.15) is 4.31 Å². The number of sulfonamides is 1. The molecule has 0 unspecified atom stereocenters. The molecule has 8 heteroatoms. The molecule has 0 radical (unpaired) electrons. The van der Waals surface area contributed by atoms with E-state index in [4.69, 9.17) is 9.15 Å². The van der Waals surface area contributed by atoms with Crippen molar-refractivity contribution in [2.24, 2.45) is 0 Å². The number of aryl methyl sites for hydroxylation is 1. The highest BCUT2D eigenvalue weighted by molar-refractivity contribution is 7.89. The van der Waals surface area contributed by atoms with Crippen LogP contribution in [0.2, 0.25) is 0 Å². The van der Waals surface area contributed by atoms with Crippen LogP contribution in [0, 0.1) is 6.92 Å². The fraction of sp³-hybridized carbons (Fsp3) is 0.375. The molecule has 0 bridgehead atoms. The third kappa shape index (κ3) is 4.38. The first-order valence-corrected chi connectivity index (χ1v) is 12.3. The minimum Gasteiger partial charge on any atom is -0.496 e. The molecule has 4 rings (SSSR count). The molecule has 1 saturated heterocycles. The van der Waals surface area contributed by atoms with Crippen molar-refractivity contribution >= 4 is 26.9 Å². The number of nitrogens with zero attached hydrogens (tertiary/aromatic N) is 1. The number of amides is 1. The van der Waals surface area contributed by atoms with Gasteiger partial charge in [0.25, 0.3) is 5.91 Å². The lowest BCUT2D eigenvalue weighted by Crippen LogP contribution is -2.31. The molecule has 0 spiro atoms. The second kappa shape index (κ2) is 9.34. The van der Waals surface area contributed by atoms with Crippen molar-refractivity contribution < 1.29 is 22.4 Å². The van der Waals surface area contributed by atoms with Crippen molar-refractivity contribution in [2.45, 2.75) is 44.0 Å². The van der Waals surface area contributed by atoms with Gasteiger partial charge < -0.3 is 14.5 Å². The Balaban J connectivity index is 1.58. The number of hydrogen-bond acceptors (Lipinski definition) is 5. The van der Waals surface area contributed by atoms with Gasteiger partial charge in [-0.1, -0.05) is 31.0 Å². The Kier molecular flexibility index (Phi) is 6.53. The van der Waals surface area contributed by atoms with Crippen LogP contribution in [-0.2, 0) is 16.6 Å². The van der Waals surface area contributed by atoms with Gasteiger partial charge in [-0.25, -0.2) is 8.42 Å². The SMILES string of the molecule is COc1ccccc1CNC(=O)c1oc2ccc(S(=O)(=O)N3CCCCCC3)cc2c1C. The normalized spacial score (nSPS) is 15.4. The number of furan rings is 1. The van der Waals surface area contributed by atoms with Gasteiger partial charge in [-0.15, -0.1) is 0 Å². The summed E-state index contributed by atoms with van der Waals surface area (Å²) in [5, 5.41) is 3.48. The van der Waals surface area contributed by atoms with E-state index in [1.807, 2.05) is 24.3 Å². The first kappa shape index (κ1) is 22.4. The molecule has 1 aliphatic rings. The third-order valence-electron chi connectivity index (χ3n) is 5.95. The van der Waals surface area contributed by atoms with Crippen LogP contribution >= 0.6 is 0 Å². The number of carbonyl (C=O) groups excluding carboxylic acids is 1. The van der Waals surface area contributed by atoms with E-state index in [-0.39, 0.29) is 23.1 Å². The maximum Gasteiger partial charge on any atom is 0.287 e. The molecular formula is C24H28N2O5S. The van der Waals surface area contributed by atoms with Crippen molar-refractivity contribution in [2.75, 3.05) is 20.2 Å². The van der Waals surface area contributed by atoms with Crippen molar-refractivity contribution in [3.05, 3.63) is 59.4 Å². The van der Waals surface area contributed by atoms with Crippen LogP contribution < -0.4 is 10.1 Å². The average Bonchev–Trinajstić information content (AvgIpc) is 2.97. The van der Waals surface area contributed by atoms with E-state index >= 15 is 0 Å². The number of para-hydroxylation sites is 1. The van der Waals surface area contributed by atoms with Crippen molar-refractivity contribution in [3.63, 3.8) is 0 Å². The Labute approximate surface area is 188 Å². The number of benzene rings is 2. The summed E-state index contributed by atoms with van der Waals surface area (Å²) in [6.07, 6.45) is 3.86. The van der Waals surface area contributed by atoms with E-state index in [9.17, 15) is 13.2 Å². The number of ether oxygens (including phenoxy) is 1. The molecule has 7 nitrogen and oxygen atoms in total. The molecule has 0 saturated carbocycles. The van der Waals surface area contributed by atoms with Crippen molar-refractivity contribution in [3.8, 4) is 5.75 Å². The number of hydrogen-bond donors (Lipinski definition) is 1. The highest BCUT2D eigenvalue weighted by Gasteiger charge is 2.27. The Hall–Kier alpha value is -2.84. The van der Waals surface area contributed by atoms with Crippen LogP contribution in [0.4, 0.5) is 0 Å². The fourth-order valence-corrected chi connectivity index (χ4v) is 5.66. The van der Waals surface area contributed by atoms with E-state index in [1.165, 1.54) is 0 Å². The largest absolute Gasteiger partial charge is 0.496 e. The van der Waals surface area contributed by atoms with E-state index in [0.717, 1.165) is 31.2 Å². The first-order valence-electron chi connectivity index (χ1n) is 10.8. The summed E-state index contributed by atoms with van der Waals surface area (Å²) in [5.41, 5.74) is 1.95. The molecule has 170 valence electrons. The zero-order valence-corrected chi connectivity index (χ0v) is 19.2. The average molecular weight is 457 g/mol. The quantitative estimate of drug-likeness (QED) is 0.599. The molecule has 0 atom stereocenters. The van der Waals surface area contributed by atoms with E-state index in [2.05, 4.69) is 5.32 Å². The van der Waals surface area contributed by atoms with Crippen LogP contribution in [0.15, 0.2) is 51.8 Å². The molecule has 2 aromatic carbocycles. The van der Waals surface area contributed by atoms with Crippen LogP contribution in [0.1, 0.15) is 47.4 Å². The van der Waals surface area contributed by atoms with E-state index < -0.39 is 10.0 Å². The van der Waals surface area contributed by atoms with Gasteiger partial charge in [0.05, 0.1) is 12.0 Å². The lowest BCUT2D eigenvalue weighted by Gasteiger charge is -2.19. The minimum absolute atomic E-state index is 0.180. The zero-order valence-electron chi connectivity index (χ0n) is 18.4. The minimum atomic E-state index is -3.58. The van der Waals surface area contributed by atoms with Gasteiger partial charge in [-0.05, 0) is 44.0 Å². The molecular weight excluding hydrogens is 428 g/mol. The summed E-state index contributed by atoms with van der Waals surface area (Å²) in [6, 6.07) is 12.3. The van der Waals surface area contributed by atoms with E-state index in [0.29, 0.717) is 35.4 Å². The number of nitrogens with one attached hydrogen (secondary N) is 1. The Morgan fingerprint density at radius 3 is 2.53 bits per heavy atom. The predicted octanol–water partition coefficient (Wildman–Crippen LogP) is 4.24. The molecule has 1 fully saturated rings. The van der Waals surface area contributed by atoms with Gasteiger partial charge in [0.1, 0.15) is 11.3 Å². The number of methoxy groups -OCH3 is 1. The lowest BCUT2D eigenvalue weighted by atomic mass is 10.1. The molecule has 0 aliphatic carbocycles. The Bertz CT molecular complexity index is 1220. The van der Waals surface area contributed by atoms with Crippen LogP contribution in [-0.4, -0.2) is 38.8 Å². The molecule has 2 heterocycles. The zero-order chi connectivity index (χ0) is 22.7. The second-order valence-electron chi connectivity index (χ2n) is 8.03. The number of carbonyl (C=O) groups is 1. The summed E-state index contributed by atoms with van der Waals surface area (Å²) in [6.45, 7) is 3.14. The standard InChI is InChI=1S/C24H28N2O5S/c1-17-20-15-19(32(28,29)26-13-7-3-4-8-14-26)11-12-22(20)31-23(17)24(27)25-16-18-9-5-6-10-21(18)30-2/h5-6,9-12,15H,3-4,7-8,13-14,16H2,1-2H3,(H,25,27). The van der Waals surface area contributed by atoms with Crippen LogP contribution in [0.5, 0.6) is 5.75 Å². The highest BCUT2D eigenvalue weighted by atomic mass is 32.2. The molecule has 1 N–H and O–H groups in total. The smallest absolute Gasteiger partial charge is 0.287 e. The molecule has 1 aromatic heterocycles.